The minimum absolute atomic E-state index is 0.295. The van der Waals surface area contributed by atoms with Crippen molar-refractivity contribution in [2.45, 2.75) is 57.3 Å². The summed E-state index contributed by atoms with van der Waals surface area (Å²) >= 11 is 1.26. The van der Waals surface area contributed by atoms with Crippen LogP contribution in [0.5, 0.6) is 0 Å². The normalized spacial score (nSPS) is 19.1. The van der Waals surface area contributed by atoms with Crippen LogP contribution in [0.3, 0.4) is 0 Å². The standard InChI is InChI=1S/C18H19F3N4O5S/c19-18(20,21)15-22-13(30-24-15)12-9-5-2-1-3-6-10(9)31-14(12)23-16(26)25-8-4-7-11(25)29-17(27)28/h11H,1-8H2,(H,23,26)(H,27,28)/t11-/m1/s1. The molecule has 2 aliphatic rings. The van der Waals surface area contributed by atoms with Gasteiger partial charge in [-0.1, -0.05) is 11.6 Å². The summed E-state index contributed by atoms with van der Waals surface area (Å²) in [5.41, 5.74) is 1.10. The Morgan fingerprint density at radius 3 is 2.71 bits per heavy atom. The number of anilines is 1. The Morgan fingerprint density at radius 1 is 1.23 bits per heavy atom. The predicted molar refractivity (Wildman–Crippen MR) is 102 cm³/mol. The summed E-state index contributed by atoms with van der Waals surface area (Å²) in [6.07, 6.45) is -2.10. The topological polar surface area (TPSA) is 118 Å². The van der Waals surface area contributed by atoms with Gasteiger partial charge in [-0.05, 0) is 37.7 Å². The van der Waals surface area contributed by atoms with Crippen molar-refractivity contribution in [3.8, 4) is 11.5 Å². The van der Waals surface area contributed by atoms with E-state index >= 15 is 0 Å². The average Bonchev–Trinajstić information content (AvgIpc) is 3.37. The number of rotatable bonds is 3. The molecular weight excluding hydrogens is 441 g/mol. The van der Waals surface area contributed by atoms with E-state index in [1.165, 1.54) is 16.2 Å². The second-order valence-electron chi connectivity index (χ2n) is 7.29. The first kappa shape index (κ1) is 21.4. The number of carbonyl (C=O) groups is 2. The van der Waals surface area contributed by atoms with Gasteiger partial charge in [-0.2, -0.15) is 18.2 Å². The highest BCUT2D eigenvalue weighted by Gasteiger charge is 2.39. The lowest BCUT2D eigenvalue weighted by Gasteiger charge is -2.23. The van der Waals surface area contributed by atoms with Gasteiger partial charge in [0.05, 0.1) is 5.56 Å². The summed E-state index contributed by atoms with van der Waals surface area (Å²) in [5.74, 6) is -1.69. The Morgan fingerprint density at radius 2 is 2.00 bits per heavy atom. The molecule has 1 aliphatic carbocycles. The number of hydrogen-bond acceptors (Lipinski definition) is 7. The van der Waals surface area contributed by atoms with E-state index in [2.05, 4.69) is 15.5 Å². The first-order valence-electron chi connectivity index (χ1n) is 9.77. The highest BCUT2D eigenvalue weighted by atomic mass is 32.1. The number of fused-ring (bicyclic) bond motifs is 1. The Labute approximate surface area is 178 Å². The van der Waals surface area contributed by atoms with Crippen LogP contribution in [0.25, 0.3) is 11.5 Å². The highest BCUT2D eigenvalue weighted by molar-refractivity contribution is 7.17. The highest BCUT2D eigenvalue weighted by Crippen LogP contribution is 2.44. The lowest BCUT2D eigenvalue weighted by Crippen LogP contribution is -2.40. The zero-order valence-corrected chi connectivity index (χ0v) is 17.0. The molecule has 4 rings (SSSR count). The lowest BCUT2D eigenvalue weighted by atomic mass is 10.1. The number of alkyl halides is 3. The van der Waals surface area contributed by atoms with Gasteiger partial charge >= 0.3 is 18.4 Å². The van der Waals surface area contributed by atoms with Crippen LogP contribution in [0.15, 0.2) is 4.52 Å². The first-order valence-corrected chi connectivity index (χ1v) is 10.6. The predicted octanol–water partition coefficient (Wildman–Crippen LogP) is 4.73. The van der Waals surface area contributed by atoms with Crippen LogP contribution in [0.2, 0.25) is 0 Å². The number of nitrogens with one attached hydrogen (secondary N) is 1. The van der Waals surface area contributed by atoms with Crippen molar-refractivity contribution < 1.29 is 37.1 Å². The van der Waals surface area contributed by atoms with E-state index in [1.807, 2.05) is 0 Å². The Bertz CT molecular complexity index is 989. The number of thiophene rings is 1. The number of halogens is 3. The molecule has 1 atom stereocenters. The molecule has 13 heteroatoms. The van der Waals surface area contributed by atoms with Crippen LogP contribution >= 0.6 is 11.3 Å². The zero-order chi connectivity index (χ0) is 22.2. The summed E-state index contributed by atoms with van der Waals surface area (Å²) < 4.78 is 48.6. The third kappa shape index (κ3) is 4.45. The number of hydrogen-bond donors (Lipinski definition) is 2. The summed E-state index contributed by atoms with van der Waals surface area (Å²) in [4.78, 5) is 29.4. The van der Waals surface area contributed by atoms with Crippen LogP contribution in [-0.2, 0) is 23.8 Å². The van der Waals surface area contributed by atoms with Crippen molar-refractivity contribution in [3.05, 3.63) is 16.3 Å². The molecule has 0 unspecified atom stereocenters. The third-order valence-corrected chi connectivity index (χ3v) is 6.44. The summed E-state index contributed by atoms with van der Waals surface area (Å²) in [6, 6.07) is -0.600. The molecule has 0 radical (unpaired) electrons. The molecule has 1 saturated heterocycles. The number of urea groups is 1. The molecule has 0 saturated carbocycles. The van der Waals surface area contributed by atoms with Gasteiger partial charge in [-0.25, -0.2) is 9.59 Å². The summed E-state index contributed by atoms with van der Waals surface area (Å²) in [5, 5.41) is 14.9. The van der Waals surface area contributed by atoms with E-state index in [1.54, 1.807) is 0 Å². The fraction of sp³-hybridized carbons (Fsp3) is 0.556. The van der Waals surface area contributed by atoms with Crippen LogP contribution in [-0.4, -0.2) is 45.1 Å². The average molecular weight is 460 g/mol. The molecule has 2 N–H and O–H groups in total. The van der Waals surface area contributed by atoms with Crippen molar-refractivity contribution in [1.82, 2.24) is 15.0 Å². The van der Waals surface area contributed by atoms with Crippen LogP contribution < -0.4 is 5.32 Å². The monoisotopic (exact) mass is 460 g/mol. The molecule has 9 nitrogen and oxygen atoms in total. The molecule has 31 heavy (non-hydrogen) atoms. The Kier molecular flexibility index (Phi) is 5.77. The van der Waals surface area contributed by atoms with E-state index in [9.17, 15) is 22.8 Å². The van der Waals surface area contributed by atoms with Crippen molar-refractivity contribution in [2.75, 3.05) is 11.9 Å². The molecule has 0 spiro atoms. The van der Waals surface area contributed by atoms with Gasteiger partial charge in [0, 0.05) is 17.8 Å². The molecule has 168 valence electrons. The number of likely N-dealkylation sites (tertiary alicyclic amines) is 1. The van der Waals surface area contributed by atoms with Crippen LogP contribution in [0.4, 0.5) is 27.8 Å². The maximum Gasteiger partial charge on any atom is 0.507 e. The Balaban J connectivity index is 1.67. The van der Waals surface area contributed by atoms with E-state index < -0.39 is 30.4 Å². The number of aryl methyl sites for hydroxylation is 1. The van der Waals surface area contributed by atoms with Gasteiger partial charge in [0.25, 0.3) is 11.7 Å². The summed E-state index contributed by atoms with van der Waals surface area (Å²) in [7, 11) is 0. The van der Waals surface area contributed by atoms with E-state index in [4.69, 9.17) is 14.4 Å². The van der Waals surface area contributed by atoms with Crippen molar-refractivity contribution in [2.24, 2.45) is 0 Å². The van der Waals surface area contributed by atoms with Gasteiger partial charge in [0.1, 0.15) is 5.00 Å². The largest absolute Gasteiger partial charge is 0.507 e. The van der Waals surface area contributed by atoms with Crippen LogP contribution in [0, 0.1) is 0 Å². The second-order valence-corrected chi connectivity index (χ2v) is 8.40. The molecule has 0 bridgehead atoms. The Hall–Kier alpha value is -2.83. The quantitative estimate of drug-likeness (QED) is 0.502. The fourth-order valence-electron chi connectivity index (χ4n) is 3.87. The van der Waals surface area contributed by atoms with E-state index in [-0.39, 0.29) is 5.89 Å². The number of carbonyl (C=O) groups excluding carboxylic acids is 1. The molecular formula is C18H19F3N4O5S. The molecule has 1 aliphatic heterocycles. The fourth-order valence-corrected chi connectivity index (χ4v) is 5.14. The minimum Gasteiger partial charge on any atom is -0.450 e. The maximum atomic E-state index is 13.0. The van der Waals surface area contributed by atoms with Crippen LogP contribution in [0.1, 0.15) is 48.4 Å². The second kappa shape index (κ2) is 8.36. The zero-order valence-electron chi connectivity index (χ0n) is 16.2. The maximum absolute atomic E-state index is 13.0. The SMILES string of the molecule is O=C(O)O[C@@H]1CCCN1C(=O)Nc1sc2c(c1-c1nc(C(F)(F)F)no1)CCCCC2. The third-order valence-electron chi connectivity index (χ3n) is 5.23. The van der Waals surface area contributed by atoms with Gasteiger partial charge in [-0.3, -0.25) is 10.2 Å². The molecule has 2 amide bonds. The first-order chi connectivity index (χ1) is 14.7. The van der Waals surface area contributed by atoms with Gasteiger partial charge < -0.3 is 14.4 Å². The van der Waals surface area contributed by atoms with Gasteiger partial charge in [0.2, 0.25) is 0 Å². The molecule has 2 aromatic heterocycles. The van der Waals surface area contributed by atoms with Gasteiger partial charge in [0.15, 0.2) is 6.23 Å². The van der Waals surface area contributed by atoms with Crippen molar-refractivity contribution in [1.29, 1.82) is 0 Å². The van der Waals surface area contributed by atoms with E-state index in [0.717, 1.165) is 36.1 Å². The lowest BCUT2D eigenvalue weighted by molar-refractivity contribution is -0.146. The number of aromatic nitrogens is 2. The number of amides is 2. The van der Waals surface area contributed by atoms with E-state index in [0.29, 0.717) is 36.4 Å². The number of ether oxygens (including phenoxy) is 1. The van der Waals surface area contributed by atoms with Gasteiger partial charge in [-0.15, -0.1) is 11.3 Å². The number of carboxylic acid groups (broad SMARTS) is 1. The van der Waals surface area contributed by atoms with Crippen molar-refractivity contribution >= 4 is 28.5 Å². The smallest absolute Gasteiger partial charge is 0.450 e. The minimum atomic E-state index is -4.75. The molecule has 1 fully saturated rings. The molecule has 0 aromatic carbocycles. The summed E-state index contributed by atoms with van der Waals surface area (Å²) in [6.45, 7) is 0.295. The number of nitrogens with zero attached hydrogens (tertiary/aromatic N) is 3. The molecule has 2 aromatic rings. The van der Waals surface area contributed by atoms with Crippen molar-refractivity contribution in [3.63, 3.8) is 0 Å². The molecule has 3 heterocycles.